The number of nitrogens with one attached hydrogen (secondary N) is 1. The molecular formula is C17H23Cl2N3O2S. The molecule has 8 heteroatoms. The number of benzene rings is 1. The Kier molecular flexibility index (Phi) is 7.59. The zero-order chi connectivity index (χ0) is 18.4. The summed E-state index contributed by atoms with van der Waals surface area (Å²) in [5.41, 5.74) is 1.05. The predicted molar refractivity (Wildman–Crippen MR) is 105 cm³/mol. The largest absolute Gasteiger partial charge is 0.450 e. The number of hydrogen-bond donors (Lipinski definition) is 1. The van der Waals surface area contributed by atoms with Crippen LogP contribution >= 0.6 is 35.4 Å². The quantitative estimate of drug-likeness (QED) is 0.766. The van der Waals surface area contributed by atoms with Gasteiger partial charge in [0.25, 0.3) is 0 Å². The van der Waals surface area contributed by atoms with Crippen molar-refractivity contribution in [1.82, 2.24) is 15.1 Å². The number of rotatable bonds is 4. The number of piperazine rings is 1. The molecule has 138 valence electrons. The van der Waals surface area contributed by atoms with E-state index in [9.17, 15) is 4.79 Å². The second kappa shape index (κ2) is 9.46. The number of nitrogens with zero attached hydrogens (tertiary/aromatic N) is 2. The van der Waals surface area contributed by atoms with Gasteiger partial charge in [0, 0.05) is 26.2 Å². The normalized spacial score (nSPS) is 15.7. The van der Waals surface area contributed by atoms with Crippen LogP contribution < -0.4 is 5.32 Å². The van der Waals surface area contributed by atoms with E-state index in [0.717, 1.165) is 12.0 Å². The first-order chi connectivity index (χ1) is 12.0. The number of carbonyl (C=O) groups is 1. The number of thiocarbonyl (C=S) groups is 1. The van der Waals surface area contributed by atoms with Crippen LogP contribution in [0, 0.1) is 0 Å². The van der Waals surface area contributed by atoms with E-state index in [1.165, 1.54) is 0 Å². The van der Waals surface area contributed by atoms with Gasteiger partial charge in [-0.15, -0.1) is 0 Å². The molecule has 1 unspecified atom stereocenters. The lowest BCUT2D eigenvalue weighted by Gasteiger charge is -2.36. The molecule has 1 saturated heterocycles. The Morgan fingerprint density at radius 3 is 2.40 bits per heavy atom. The van der Waals surface area contributed by atoms with E-state index < -0.39 is 0 Å². The molecule has 5 nitrogen and oxygen atoms in total. The van der Waals surface area contributed by atoms with Crippen molar-refractivity contribution in [1.29, 1.82) is 0 Å². The molecule has 1 heterocycles. The minimum Gasteiger partial charge on any atom is -0.450 e. The lowest BCUT2D eigenvalue weighted by molar-refractivity contribution is 0.0917. The predicted octanol–water partition coefficient (Wildman–Crippen LogP) is 4.09. The summed E-state index contributed by atoms with van der Waals surface area (Å²) < 4.78 is 5.03. The van der Waals surface area contributed by atoms with Crippen molar-refractivity contribution in [3.8, 4) is 0 Å². The molecule has 1 aromatic rings. The molecule has 1 atom stereocenters. The van der Waals surface area contributed by atoms with Crippen LogP contribution in [0.2, 0.25) is 10.0 Å². The minimum absolute atomic E-state index is 0.0605. The molecule has 0 radical (unpaired) electrons. The van der Waals surface area contributed by atoms with Crippen molar-refractivity contribution < 1.29 is 9.53 Å². The molecule has 1 aliphatic rings. The zero-order valence-electron chi connectivity index (χ0n) is 14.4. The lowest BCUT2D eigenvalue weighted by Crippen LogP contribution is -2.53. The SMILES string of the molecule is CCOC(=O)N1CCN(C(=S)NC(CC)c2ccc(Cl)c(Cl)c2)CC1. The fraction of sp³-hybridized carbons (Fsp3) is 0.529. The summed E-state index contributed by atoms with van der Waals surface area (Å²) in [5, 5.41) is 5.15. The van der Waals surface area contributed by atoms with Gasteiger partial charge in [0.1, 0.15) is 0 Å². The molecule has 0 saturated carbocycles. The van der Waals surface area contributed by atoms with Crippen LogP contribution in [-0.2, 0) is 4.74 Å². The van der Waals surface area contributed by atoms with Gasteiger partial charge in [-0.05, 0) is 43.3 Å². The fourth-order valence-electron chi connectivity index (χ4n) is 2.70. The molecule has 1 aliphatic heterocycles. The Hall–Kier alpha value is -1.24. The molecule has 0 spiro atoms. The monoisotopic (exact) mass is 403 g/mol. The Balaban J connectivity index is 1.92. The van der Waals surface area contributed by atoms with Crippen molar-refractivity contribution in [2.24, 2.45) is 0 Å². The summed E-state index contributed by atoms with van der Waals surface area (Å²) in [5.74, 6) is 0. The Bertz CT molecular complexity index is 622. The lowest BCUT2D eigenvalue weighted by atomic mass is 10.0. The molecule has 0 aromatic heterocycles. The van der Waals surface area contributed by atoms with Crippen molar-refractivity contribution in [3.63, 3.8) is 0 Å². The van der Waals surface area contributed by atoms with Crippen LogP contribution in [-0.4, -0.2) is 53.8 Å². The first kappa shape index (κ1) is 20.1. The number of hydrogen-bond acceptors (Lipinski definition) is 3. The summed E-state index contributed by atoms with van der Waals surface area (Å²) in [7, 11) is 0. The number of ether oxygens (including phenoxy) is 1. The maximum atomic E-state index is 11.8. The van der Waals surface area contributed by atoms with E-state index in [1.807, 2.05) is 12.1 Å². The first-order valence-electron chi connectivity index (χ1n) is 8.38. The standard InChI is InChI=1S/C17H23Cl2N3O2S/c1-3-15(12-5-6-13(18)14(19)11-12)20-16(25)21-7-9-22(10-8-21)17(23)24-4-2/h5-6,11,15H,3-4,7-10H2,1-2H3,(H,20,25). The topological polar surface area (TPSA) is 44.8 Å². The van der Waals surface area contributed by atoms with Crippen molar-refractivity contribution in [3.05, 3.63) is 33.8 Å². The van der Waals surface area contributed by atoms with Crippen molar-refractivity contribution >= 4 is 46.6 Å². The van der Waals surface area contributed by atoms with Crippen molar-refractivity contribution in [2.45, 2.75) is 26.3 Å². The maximum absolute atomic E-state index is 11.8. The minimum atomic E-state index is -0.261. The van der Waals surface area contributed by atoms with Gasteiger partial charge in [0.15, 0.2) is 5.11 Å². The first-order valence-corrected chi connectivity index (χ1v) is 9.54. The molecule has 2 rings (SSSR count). The van der Waals surface area contributed by atoms with Crippen LogP contribution in [0.4, 0.5) is 4.79 Å². The van der Waals surface area contributed by atoms with E-state index in [0.29, 0.717) is 47.9 Å². The van der Waals surface area contributed by atoms with Crippen LogP contribution in [0.5, 0.6) is 0 Å². The highest BCUT2D eigenvalue weighted by Gasteiger charge is 2.24. The van der Waals surface area contributed by atoms with Gasteiger partial charge < -0.3 is 19.9 Å². The summed E-state index contributed by atoms with van der Waals surface area (Å²) >= 11 is 17.7. The average Bonchev–Trinajstić information content (AvgIpc) is 2.62. The third-order valence-electron chi connectivity index (χ3n) is 4.14. The molecule has 0 aliphatic carbocycles. The molecule has 0 bridgehead atoms. The van der Waals surface area contributed by atoms with Gasteiger partial charge >= 0.3 is 6.09 Å². The summed E-state index contributed by atoms with van der Waals surface area (Å²) in [6.45, 7) is 6.85. The Morgan fingerprint density at radius 1 is 1.20 bits per heavy atom. The zero-order valence-corrected chi connectivity index (χ0v) is 16.8. The van der Waals surface area contributed by atoms with E-state index in [2.05, 4.69) is 17.1 Å². The highest BCUT2D eigenvalue weighted by atomic mass is 35.5. The van der Waals surface area contributed by atoms with E-state index in [1.54, 1.807) is 17.9 Å². The van der Waals surface area contributed by atoms with Gasteiger partial charge in [-0.25, -0.2) is 4.79 Å². The fourth-order valence-corrected chi connectivity index (χ4v) is 3.33. The Labute approximate surface area is 164 Å². The highest BCUT2D eigenvalue weighted by molar-refractivity contribution is 7.80. The number of amides is 1. The number of carbonyl (C=O) groups excluding carboxylic acids is 1. The molecule has 1 fully saturated rings. The maximum Gasteiger partial charge on any atom is 0.409 e. The van der Waals surface area contributed by atoms with E-state index in [-0.39, 0.29) is 12.1 Å². The van der Waals surface area contributed by atoms with Crippen LogP contribution in [0.25, 0.3) is 0 Å². The summed E-state index contributed by atoms with van der Waals surface area (Å²) in [6, 6.07) is 5.68. The van der Waals surface area contributed by atoms with Gasteiger partial charge in [0.2, 0.25) is 0 Å². The smallest absolute Gasteiger partial charge is 0.409 e. The van der Waals surface area contributed by atoms with Gasteiger partial charge in [-0.1, -0.05) is 36.2 Å². The van der Waals surface area contributed by atoms with Gasteiger partial charge in [-0.2, -0.15) is 0 Å². The van der Waals surface area contributed by atoms with Crippen LogP contribution in [0.3, 0.4) is 0 Å². The summed E-state index contributed by atoms with van der Waals surface area (Å²) in [4.78, 5) is 15.5. The second-order valence-electron chi connectivity index (χ2n) is 5.76. The van der Waals surface area contributed by atoms with Crippen molar-refractivity contribution in [2.75, 3.05) is 32.8 Å². The third-order valence-corrected chi connectivity index (χ3v) is 5.26. The average molecular weight is 404 g/mol. The molecule has 1 aromatic carbocycles. The van der Waals surface area contributed by atoms with E-state index >= 15 is 0 Å². The van der Waals surface area contributed by atoms with Gasteiger partial charge in [-0.3, -0.25) is 0 Å². The van der Waals surface area contributed by atoms with Gasteiger partial charge in [0.05, 0.1) is 22.7 Å². The number of halogens is 2. The van der Waals surface area contributed by atoms with E-state index in [4.69, 9.17) is 40.2 Å². The highest BCUT2D eigenvalue weighted by Crippen LogP contribution is 2.27. The van der Waals surface area contributed by atoms with Crippen LogP contribution in [0.1, 0.15) is 31.9 Å². The molecule has 25 heavy (non-hydrogen) atoms. The second-order valence-corrected chi connectivity index (χ2v) is 6.96. The summed E-state index contributed by atoms with van der Waals surface area (Å²) in [6.07, 6.45) is 0.601. The molecular weight excluding hydrogens is 381 g/mol. The molecule has 1 amide bonds. The van der Waals surface area contributed by atoms with Crippen LogP contribution in [0.15, 0.2) is 18.2 Å². The third kappa shape index (κ3) is 5.36. The Morgan fingerprint density at radius 2 is 1.84 bits per heavy atom. The molecule has 1 N–H and O–H groups in total.